The summed E-state index contributed by atoms with van der Waals surface area (Å²) in [5.74, 6) is 0.0450. The molecule has 2 heterocycles. The van der Waals surface area contributed by atoms with Crippen LogP contribution in [0.5, 0.6) is 0 Å². The van der Waals surface area contributed by atoms with Gasteiger partial charge in [0.15, 0.2) is 0 Å². The van der Waals surface area contributed by atoms with E-state index in [-0.39, 0.29) is 11.5 Å². The van der Waals surface area contributed by atoms with Gasteiger partial charge in [-0.2, -0.15) is 0 Å². The summed E-state index contributed by atoms with van der Waals surface area (Å²) in [7, 11) is 0. The summed E-state index contributed by atoms with van der Waals surface area (Å²) in [6.45, 7) is 1.94. The lowest BCUT2D eigenvalue weighted by atomic mass is 9.86. The molecule has 1 unspecified atom stereocenters. The van der Waals surface area contributed by atoms with Crippen LogP contribution >= 0.6 is 0 Å². The number of aryl methyl sites for hydroxylation is 1. The van der Waals surface area contributed by atoms with Crippen molar-refractivity contribution in [2.24, 2.45) is 0 Å². The van der Waals surface area contributed by atoms with Gasteiger partial charge in [-0.1, -0.05) is 49.4 Å². The van der Waals surface area contributed by atoms with Gasteiger partial charge in [0.25, 0.3) is 5.56 Å². The lowest BCUT2D eigenvalue weighted by Gasteiger charge is -2.19. The lowest BCUT2D eigenvalue weighted by Crippen LogP contribution is -2.14. The molecule has 4 heteroatoms. The molecule has 2 aromatic heterocycles. The average molecular weight is 341 g/mol. The standard InChI is InChI=1S/C22H19N3O/c1-2-18-22(26)25-20-13-16(10-11-19(20)24-18)21(15-7-4-3-5-8-15)17-9-6-12-23-14-17/h3-14,21H,2H2,1H3,(H,25,26). The fraction of sp³-hybridized carbons (Fsp3) is 0.136. The smallest absolute Gasteiger partial charge is 0.270 e. The van der Waals surface area contributed by atoms with Crippen molar-refractivity contribution in [3.63, 3.8) is 0 Å². The Labute approximate surface area is 151 Å². The van der Waals surface area contributed by atoms with E-state index in [1.54, 1.807) is 6.20 Å². The summed E-state index contributed by atoms with van der Waals surface area (Å²) in [6, 6.07) is 20.4. The maximum atomic E-state index is 12.2. The number of aromatic amines is 1. The predicted molar refractivity (Wildman–Crippen MR) is 103 cm³/mol. The molecular weight excluding hydrogens is 322 g/mol. The molecule has 4 aromatic rings. The third kappa shape index (κ3) is 3.02. The van der Waals surface area contributed by atoms with Gasteiger partial charge >= 0.3 is 0 Å². The van der Waals surface area contributed by atoms with E-state index in [4.69, 9.17) is 0 Å². The molecule has 0 bridgehead atoms. The molecule has 0 spiro atoms. The minimum atomic E-state index is -0.116. The Bertz CT molecular complexity index is 1050. The van der Waals surface area contributed by atoms with Crippen molar-refractivity contribution >= 4 is 11.0 Å². The summed E-state index contributed by atoms with van der Waals surface area (Å²) < 4.78 is 0. The Hall–Kier alpha value is -3.27. The molecule has 2 aromatic carbocycles. The van der Waals surface area contributed by atoms with Crippen LogP contribution in [0.1, 0.15) is 35.2 Å². The molecule has 0 saturated heterocycles. The third-order valence-corrected chi connectivity index (χ3v) is 4.61. The van der Waals surface area contributed by atoms with E-state index in [1.165, 1.54) is 5.56 Å². The number of fused-ring (bicyclic) bond motifs is 1. The highest BCUT2D eigenvalue weighted by Crippen LogP contribution is 2.32. The Kier molecular flexibility index (Phi) is 4.32. The number of hydrogen-bond donors (Lipinski definition) is 1. The minimum absolute atomic E-state index is 0.0450. The monoisotopic (exact) mass is 341 g/mol. The molecule has 128 valence electrons. The molecule has 0 amide bonds. The van der Waals surface area contributed by atoms with Gasteiger partial charge in [0.1, 0.15) is 5.69 Å². The number of aromatic nitrogens is 3. The zero-order valence-corrected chi connectivity index (χ0v) is 14.5. The quantitative estimate of drug-likeness (QED) is 0.609. The highest BCUT2D eigenvalue weighted by Gasteiger charge is 2.17. The molecule has 0 saturated carbocycles. The van der Waals surface area contributed by atoms with Gasteiger partial charge in [-0.05, 0) is 41.3 Å². The van der Waals surface area contributed by atoms with Crippen molar-refractivity contribution < 1.29 is 0 Å². The van der Waals surface area contributed by atoms with E-state index in [9.17, 15) is 4.79 Å². The van der Waals surface area contributed by atoms with Gasteiger partial charge in [-0.25, -0.2) is 4.98 Å². The van der Waals surface area contributed by atoms with Crippen LogP contribution in [0.2, 0.25) is 0 Å². The SMILES string of the molecule is CCc1nc2ccc(C(c3ccccc3)c3cccnc3)cc2[nH]c1=O. The van der Waals surface area contributed by atoms with Crippen LogP contribution in [0.25, 0.3) is 11.0 Å². The van der Waals surface area contributed by atoms with Crippen LogP contribution in [0, 0.1) is 0 Å². The van der Waals surface area contributed by atoms with E-state index in [2.05, 4.69) is 39.2 Å². The molecule has 0 aliphatic carbocycles. The maximum Gasteiger partial charge on any atom is 0.270 e. The fourth-order valence-electron chi connectivity index (χ4n) is 3.33. The van der Waals surface area contributed by atoms with E-state index in [1.807, 2.05) is 49.5 Å². The number of benzene rings is 2. The molecule has 0 aliphatic heterocycles. The van der Waals surface area contributed by atoms with Gasteiger partial charge < -0.3 is 4.98 Å². The Balaban J connectivity index is 1.90. The average Bonchev–Trinajstić information content (AvgIpc) is 2.69. The molecular formula is C22H19N3O. The number of rotatable bonds is 4. The first-order valence-corrected chi connectivity index (χ1v) is 8.74. The van der Waals surface area contributed by atoms with Crippen molar-refractivity contribution in [1.29, 1.82) is 0 Å². The molecule has 4 nitrogen and oxygen atoms in total. The van der Waals surface area contributed by atoms with E-state index >= 15 is 0 Å². The van der Waals surface area contributed by atoms with E-state index in [0.29, 0.717) is 12.1 Å². The van der Waals surface area contributed by atoms with Crippen molar-refractivity contribution in [3.05, 3.63) is 106 Å². The van der Waals surface area contributed by atoms with Gasteiger partial charge in [0.05, 0.1) is 11.0 Å². The second-order valence-corrected chi connectivity index (χ2v) is 6.27. The summed E-state index contributed by atoms with van der Waals surface area (Å²) in [6.07, 6.45) is 4.29. The van der Waals surface area contributed by atoms with Gasteiger partial charge in [0.2, 0.25) is 0 Å². The molecule has 4 rings (SSSR count). The van der Waals surface area contributed by atoms with Gasteiger partial charge in [-0.3, -0.25) is 9.78 Å². The first-order chi connectivity index (χ1) is 12.8. The summed E-state index contributed by atoms with van der Waals surface area (Å²) >= 11 is 0. The van der Waals surface area contributed by atoms with Crippen LogP contribution in [0.15, 0.2) is 77.9 Å². The normalized spacial score (nSPS) is 12.2. The lowest BCUT2D eigenvalue weighted by molar-refractivity contribution is 0.959. The van der Waals surface area contributed by atoms with E-state index in [0.717, 1.165) is 22.2 Å². The number of nitrogens with zero attached hydrogens (tertiary/aromatic N) is 2. The molecule has 0 aliphatic rings. The molecule has 0 radical (unpaired) electrons. The number of nitrogens with one attached hydrogen (secondary N) is 1. The molecule has 26 heavy (non-hydrogen) atoms. The van der Waals surface area contributed by atoms with Gasteiger partial charge in [-0.15, -0.1) is 0 Å². The zero-order valence-electron chi connectivity index (χ0n) is 14.5. The molecule has 1 atom stereocenters. The summed E-state index contributed by atoms with van der Waals surface area (Å²) in [5, 5.41) is 0. The van der Waals surface area contributed by atoms with Crippen LogP contribution in [0.3, 0.4) is 0 Å². The highest BCUT2D eigenvalue weighted by atomic mass is 16.1. The first kappa shape index (κ1) is 16.2. The maximum absolute atomic E-state index is 12.2. The number of pyridine rings is 1. The number of H-pyrrole nitrogens is 1. The summed E-state index contributed by atoms with van der Waals surface area (Å²) in [5.41, 5.74) is 5.40. The first-order valence-electron chi connectivity index (χ1n) is 8.74. The molecule has 0 fully saturated rings. The topological polar surface area (TPSA) is 58.6 Å². The number of hydrogen-bond acceptors (Lipinski definition) is 3. The van der Waals surface area contributed by atoms with Crippen molar-refractivity contribution in [2.45, 2.75) is 19.3 Å². The predicted octanol–water partition coefficient (Wildman–Crippen LogP) is 4.06. The summed E-state index contributed by atoms with van der Waals surface area (Å²) in [4.78, 5) is 23.9. The molecule has 1 N–H and O–H groups in total. The van der Waals surface area contributed by atoms with Crippen molar-refractivity contribution in [1.82, 2.24) is 15.0 Å². The highest BCUT2D eigenvalue weighted by molar-refractivity contribution is 5.75. The van der Waals surface area contributed by atoms with Gasteiger partial charge in [0, 0.05) is 18.3 Å². The van der Waals surface area contributed by atoms with Crippen LogP contribution < -0.4 is 5.56 Å². The fourth-order valence-corrected chi connectivity index (χ4v) is 3.33. The second-order valence-electron chi connectivity index (χ2n) is 6.27. The Morgan fingerprint density at radius 2 is 1.77 bits per heavy atom. The second kappa shape index (κ2) is 6.92. The van der Waals surface area contributed by atoms with Crippen molar-refractivity contribution in [2.75, 3.05) is 0 Å². The van der Waals surface area contributed by atoms with Crippen LogP contribution in [-0.4, -0.2) is 15.0 Å². The largest absolute Gasteiger partial charge is 0.319 e. The minimum Gasteiger partial charge on any atom is -0.319 e. The van der Waals surface area contributed by atoms with Crippen LogP contribution in [0.4, 0.5) is 0 Å². The van der Waals surface area contributed by atoms with E-state index < -0.39 is 0 Å². The van der Waals surface area contributed by atoms with Crippen molar-refractivity contribution in [3.8, 4) is 0 Å². The van der Waals surface area contributed by atoms with Crippen LogP contribution in [-0.2, 0) is 6.42 Å². The Morgan fingerprint density at radius 1 is 0.962 bits per heavy atom. The third-order valence-electron chi connectivity index (χ3n) is 4.61. The zero-order chi connectivity index (χ0) is 17.9. The Morgan fingerprint density at radius 3 is 2.50 bits per heavy atom.